The number of aryl methyl sites for hydroxylation is 1. The lowest BCUT2D eigenvalue weighted by Crippen LogP contribution is -2.22. The molecule has 1 fully saturated rings. The van der Waals surface area contributed by atoms with Gasteiger partial charge in [0.05, 0.1) is 12.7 Å². The minimum Gasteiger partial charge on any atom is -0.478 e. The van der Waals surface area contributed by atoms with Crippen LogP contribution in [0.2, 0.25) is 0 Å². The van der Waals surface area contributed by atoms with E-state index in [0.29, 0.717) is 31.3 Å². The largest absolute Gasteiger partial charge is 0.478 e. The molecule has 0 aromatic carbocycles. The Morgan fingerprint density at radius 3 is 3.00 bits per heavy atom. The summed E-state index contributed by atoms with van der Waals surface area (Å²) in [5.74, 6) is 2.59. The highest BCUT2D eigenvalue weighted by Crippen LogP contribution is 2.37. The van der Waals surface area contributed by atoms with Gasteiger partial charge in [-0.05, 0) is 19.8 Å². The van der Waals surface area contributed by atoms with Crippen molar-refractivity contribution in [1.82, 2.24) is 24.7 Å². The second-order valence-electron chi connectivity index (χ2n) is 5.85. The van der Waals surface area contributed by atoms with Crippen molar-refractivity contribution in [3.8, 4) is 5.88 Å². The normalized spacial score (nSPS) is 23.9. The predicted molar refractivity (Wildman–Crippen MR) is 84.2 cm³/mol. The number of anilines is 1. The van der Waals surface area contributed by atoms with E-state index in [1.807, 2.05) is 18.5 Å². The lowest BCUT2D eigenvalue weighted by Gasteiger charge is -2.15. The highest BCUT2D eigenvalue weighted by Gasteiger charge is 2.35. The molecule has 124 valence electrons. The average molecular weight is 318 g/mol. The van der Waals surface area contributed by atoms with E-state index < -0.39 is 0 Å². The third kappa shape index (κ3) is 3.58. The van der Waals surface area contributed by atoms with Gasteiger partial charge in [0, 0.05) is 31.5 Å². The molecule has 0 radical (unpaired) electrons. The van der Waals surface area contributed by atoms with E-state index in [1.165, 1.54) is 6.33 Å². The molecule has 2 heterocycles. The number of nitrogens with one attached hydrogen (secondary N) is 1. The van der Waals surface area contributed by atoms with Crippen LogP contribution in [0.5, 0.6) is 5.88 Å². The zero-order chi connectivity index (χ0) is 16.2. The van der Waals surface area contributed by atoms with E-state index in [0.717, 1.165) is 12.2 Å². The summed E-state index contributed by atoms with van der Waals surface area (Å²) >= 11 is 0. The molecular formula is C15H22N6O2. The fraction of sp³-hybridized carbons (Fsp3) is 0.600. The smallest absolute Gasteiger partial charge is 0.218 e. The van der Waals surface area contributed by atoms with Crippen LogP contribution in [0.15, 0.2) is 18.7 Å². The predicted octanol–water partition coefficient (Wildman–Crippen LogP) is 0.970. The molecule has 1 aliphatic carbocycles. The fourth-order valence-electron chi connectivity index (χ4n) is 3.09. The molecule has 0 amide bonds. The Kier molecular flexibility index (Phi) is 4.71. The Balaban J connectivity index is 1.58. The van der Waals surface area contributed by atoms with Gasteiger partial charge in [0.2, 0.25) is 5.88 Å². The summed E-state index contributed by atoms with van der Waals surface area (Å²) in [5, 5.41) is 21.7. The van der Waals surface area contributed by atoms with Gasteiger partial charge < -0.3 is 19.7 Å². The molecule has 0 unspecified atom stereocenters. The van der Waals surface area contributed by atoms with Crippen LogP contribution in [0.3, 0.4) is 0 Å². The third-order valence-electron chi connectivity index (χ3n) is 4.25. The summed E-state index contributed by atoms with van der Waals surface area (Å²) in [5.41, 5.74) is 0. The van der Waals surface area contributed by atoms with Gasteiger partial charge in [0.15, 0.2) is 0 Å². The second kappa shape index (κ2) is 6.91. The minimum absolute atomic E-state index is 0.155. The van der Waals surface area contributed by atoms with Gasteiger partial charge in [-0.15, -0.1) is 10.2 Å². The number of aliphatic hydroxyl groups excluding tert-OH is 1. The first kappa shape index (κ1) is 15.7. The first-order valence-electron chi connectivity index (χ1n) is 7.88. The zero-order valence-electron chi connectivity index (χ0n) is 13.4. The van der Waals surface area contributed by atoms with Crippen LogP contribution in [0.4, 0.5) is 5.82 Å². The summed E-state index contributed by atoms with van der Waals surface area (Å²) in [7, 11) is 1.93. The van der Waals surface area contributed by atoms with Gasteiger partial charge in [-0.25, -0.2) is 9.97 Å². The summed E-state index contributed by atoms with van der Waals surface area (Å²) in [4.78, 5) is 8.22. The molecule has 2 aromatic heterocycles. The van der Waals surface area contributed by atoms with Crippen LogP contribution in [0.1, 0.15) is 31.5 Å². The van der Waals surface area contributed by atoms with Gasteiger partial charge in [0.1, 0.15) is 24.3 Å². The van der Waals surface area contributed by atoms with Crippen LogP contribution in [-0.4, -0.2) is 49.1 Å². The lowest BCUT2D eigenvalue weighted by atomic mass is 10.0. The quantitative estimate of drug-likeness (QED) is 0.819. The van der Waals surface area contributed by atoms with E-state index in [4.69, 9.17) is 4.74 Å². The van der Waals surface area contributed by atoms with E-state index in [-0.39, 0.29) is 17.9 Å². The summed E-state index contributed by atoms with van der Waals surface area (Å²) in [6, 6.07) is 1.77. The van der Waals surface area contributed by atoms with Crippen molar-refractivity contribution in [2.45, 2.75) is 31.8 Å². The average Bonchev–Trinajstić information content (AvgIpc) is 3.12. The maximum absolute atomic E-state index is 10.3. The topological polar surface area (TPSA) is 98.0 Å². The molecule has 0 aliphatic heterocycles. The van der Waals surface area contributed by atoms with Crippen LogP contribution >= 0.6 is 0 Å². The Morgan fingerprint density at radius 1 is 1.39 bits per heavy atom. The zero-order valence-corrected chi connectivity index (χ0v) is 13.4. The van der Waals surface area contributed by atoms with Crippen LogP contribution in [0.25, 0.3) is 0 Å². The van der Waals surface area contributed by atoms with Crippen molar-refractivity contribution in [2.75, 3.05) is 18.5 Å². The lowest BCUT2D eigenvalue weighted by molar-refractivity contribution is 0.137. The first-order chi connectivity index (χ1) is 11.2. The highest BCUT2D eigenvalue weighted by molar-refractivity contribution is 5.37. The van der Waals surface area contributed by atoms with E-state index in [9.17, 15) is 5.11 Å². The number of nitrogens with zero attached hydrogens (tertiary/aromatic N) is 5. The molecule has 3 rings (SSSR count). The maximum atomic E-state index is 10.3. The molecule has 1 saturated carbocycles. The molecule has 2 N–H and O–H groups in total. The highest BCUT2D eigenvalue weighted by atomic mass is 16.5. The van der Waals surface area contributed by atoms with Gasteiger partial charge >= 0.3 is 0 Å². The van der Waals surface area contributed by atoms with E-state index in [1.54, 1.807) is 12.4 Å². The van der Waals surface area contributed by atoms with Gasteiger partial charge in [0.25, 0.3) is 0 Å². The monoisotopic (exact) mass is 318 g/mol. The Morgan fingerprint density at radius 2 is 2.26 bits per heavy atom. The van der Waals surface area contributed by atoms with Gasteiger partial charge in [-0.3, -0.25) is 0 Å². The number of aliphatic hydroxyl groups is 1. The van der Waals surface area contributed by atoms with Crippen molar-refractivity contribution in [1.29, 1.82) is 0 Å². The van der Waals surface area contributed by atoms with Crippen LogP contribution < -0.4 is 10.1 Å². The van der Waals surface area contributed by atoms with Crippen LogP contribution in [-0.2, 0) is 7.05 Å². The van der Waals surface area contributed by atoms with Crippen molar-refractivity contribution >= 4 is 5.82 Å². The Labute approximate surface area is 134 Å². The van der Waals surface area contributed by atoms with Crippen molar-refractivity contribution < 1.29 is 9.84 Å². The SMILES string of the molecule is CCOc1cc(NC[C@H]2C[C@H](c3nncn3C)C[C@H]2O)ncn1. The second-order valence-corrected chi connectivity index (χ2v) is 5.85. The van der Waals surface area contributed by atoms with E-state index >= 15 is 0 Å². The standard InChI is InChI=1S/C15H22N6O2/c1-3-23-14-6-13(17-8-18-14)16-7-11-4-10(5-12(11)22)15-20-19-9-21(15)2/h6,8-12,22H,3-5,7H2,1-2H3,(H,16,17,18)/t10-,11+,12+/m0/s1. The minimum atomic E-state index is -0.350. The molecule has 2 aromatic rings. The molecule has 8 heteroatoms. The van der Waals surface area contributed by atoms with Crippen molar-refractivity contribution in [3.63, 3.8) is 0 Å². The number of aromatic nitrogens is 5. The number of hydrogen-bond donors (Lipinski definition) is 2. The Hall–Kier alpha value is -2.22. The molecule has 8 nitrogen and oxygen atoms in total. The summed E-state index contributed by atoms with van der Waals surface area (Å²) in [6.45, 7) is 3.13. The molecule has 3 atom stereocenters. The fourth-order valence-corrected chi connectivity index (χ4v) is 3.09. The van der Waals surface area contributed by atoms with Crippen molar-refractivity contribution in [3.05, 3.63) is 24.5 Å². The third-order valence-corrected chi connectivity index (χ3v) is 4.25. The van der Waals surface area contributed by atoms with Crippen molar-refractivity contribution in [2.24, 2.45) is 13.0 Å². The maximum Gasteiger partial charge on any atom is 0.218 e. The van der Waals surface area contributed by atoms with E-state index in [2.05, 4.69) is 25.5 Å². The molecule has 0 spiro atoms. The molecule has 0 saturated heterocycles. The Bertz CT molecular complexity index is 646. The molecule has 23 heavy (non-hydrogen) atoms. The van der Waals surface area contributed by atoms with Gasteiger partial charge in [-0.2, -0.15) is 0 Å². The molecular weight excluding hydrogens is 296 g/mol. The molecule has 1 aliphatic rings. The molecule has 0 bridgehead atoms. The summed E-state index contributed by atoms with van der Waals surface area (Å²) < 4.78 is 7.28. The number of ether oxygens (including phenoxy) is 1. The first-order valence-corrected chi connectivity index (χ1v) is 7.88. The van der Waals surface area contributed by atoms with Gasteiger partial charge in [-0.1, -0.05) is 0 Å². The number of rotatable bonds is 6. The summed E-state index contributed by atoms with van der Waals surface area (Å²) in [6.07, 6.45) is 4.42. The number of hydrogen-bond acceptors (Lipinski definition) is 7. The van der Waals surface area contributed by atoms with Crippen LogP contribution in [0, 0.1) is 5.92 Å².